The number of sulfone groups is 2. The van der Waals surface area contributed by atoms with Gasteiger partial charge in [0.1, 0.15) is 0 Å². The number of benzene rings is 2. The molecule has 13 fully saturated rings. The van der Waals surface area contributed by atoms with E-state index in [0.29, 0.717) is 86.4 Å². The van der Waals surface area contributed by atoms with Crippen LogP contribution in [0.2, 0.25) is 0 Å². The molecule has 3 heterocycles. The first kappa shape index (κ1) is 75.4. The monoisotopic (exact) mass is 1330 g/mol. The maximum atomic E-state index is 14.5. The van der Waals surface area contributed by atoms with Crippen molar-refractivity contribution >= 4 is 19.7 Å². The van der Waals surface area contributed by atoms with Gasteiger partial charge in [-0.3, -0.25) is 0 Å². The second kappa shape index (κ2) is 28.1. The smallest absolute Gasteiger partial charge is 0.390 e. The minimum Gasteiger partial charge on any atom is -0.390 e. The Morgan fingerprint density at radius 2 is 0.926 bits per heavy atom. The van der Waals surface area contributed by atoms with E-state index in [-0.39, 0.29) is 60.1 Å². The molecule has 0 radical (unpaired) electrons. The van der Waals surface area contributed by atoms with Gasteiger partial charge in [-0.1, -0.05) is 98.7 Å². The molecule has 3 spiro atoms. The Balaban J connectivity index is 0.000000168. The summed E-state index contributed by atoms with van der Waals surface area (Å²) in [5, 5.41) is 33.1. The molecule has 3 aliphatic heterocycles. The van der Waals surface area contributed by atoms with Crippen molar-refractivity contribution < 1.29 is 65.2 Å². The summed E-state index contributed by atoms with van der Waals surface area (Å²) in [4.78, 5) is 0.877. The number of fused-ring (bicyclic) bond motifs is 10. The maximum Gasteiger partial charge on any atom is 1.00 e. The normalized spacial score (nSPS) is 42.5. The molecule has 94 heavy (non-hydrogen) atoms. The van der Waals surface area contributed by atoms with Crippen molar-refractivity contribution in [2.45, 2.75) is 293 Å². The first-order valence-corrected chi connectivity index (χ1v) is 40.9. The first-order valence-electron chi connectivity index (χ1n) is 37.7. The van der Waals surface area contributed by atoms with E-state index in [1.165, 1.54) is 109 Å². The molecular formula is C81H129LiO10S2. The zero-order valence-electron chi connectivity index (χ0n) is 59.8. The number of aliphatic hydroxyl groups is 3. The molecule has 3 N–H and O–H groups in total. The summed E-state index contributed by atoms with van der Waals surface area (Å²) in [6.45, 7) is 29.0. The van der Waals surface area contributed by atoms with Crippen LogP contribution < -0.4 is 18.9 Å². The minimum absolute atomic E-state index is 0. The average molecular weight is 1330 g/mol. The first-order chi connectivity index (χ1) is 43.4. The third-order valence-corrected chi connectivity index (χ3v) is 34.9. The Bertz CT molecular complexity index is 3050. The number of ether oxygens (including phenoxy) is 3. The Morgan fingerprint density at radius 1 is 0.511 bits per heavy atom. The zero-order chi connectivity index (χ0) is 65.6. The molecule has 0 bridgehead atoms. The molecule has 0 aromatic heterocycles. The summed E-state index contributed by atoms with van der Waals surface area (Å²) >= 11 is 0. The molecule has 2 aromatic rings. The van der Waals surface area contributed by atoms with Gasteiger partial charge in [-0.05, 0) is 304 Å². The minimum atomic E-state index is -3.63. The molecule has 10 aliphatic carbocycles. The van der Waals surface area contributed by atoms with Crippen LogP contribution in [-0.2, 0) is 33.9 Å². The van der Waals surface area contributed by atoms with E-state index in [1.807, 2.05) is 50.2 Å². The van der Waals surface area contributed by atoms with Gasteiger partial charge in [-0.25, -0.2) is 16.8 Å². The van der Waals surface area contributed by atoms with E-state index in [0.717, 1.165) is 114 Å². The van der Waals surface area contributed by atoms with E-state index in [4.69, 9.17) is 14.2 Å². The molecule has 526 valence electrons. The van der Waals surface area contributed by atoms with Crippen molar-refractivity contribution in [3.8, 4) is 0 Å². The summed E-state index contributed by atoms with van der Waals surface area (Å²) in [5.41, 5.74) is 0.355. The van der Waals surface area contributed by atoms with Crippen molar-refractivity contribution in [3.63, 3.8) is 0 Å². The summed E-state index contributed by atoms with van der Waals surface area (Å²) in [7, 11) is -6.87. The van der Waals surface area contributed by atoms with Crippen LogP contribution in [0, 0.1) is 110 Å². The van der Waals surface area contributed by atoms with Crippen LogP contribution in [0.1, 0.15) is 256 Å². The summed E-state index contributed by atoms with van der Waals surface area (Å²) in [6.07, 6.45) is 32.0. The SMILES string of the molecule is C.C1CC2(CCC13COC3)CO2.C[C@H](C(CC1(O)CCC2(CC1)COC2)S(=O)(=O)c1ccccc1)[C@H]1CC[C@H]2[C@@H]3CC[C@H]4C[C@@](C)(O)CC[C@]4(C)[C@H]3CC[C@]12C.C[C@H](CS(=O)(=O)c1ccccc1)[C@H]1CC[C@H]2[C@@H]3CC[C@H]4C[C@@](C)(O)CC[C@]4(C)[C@H]3CC[C@]12C.[CH2-]CCC.[Li+]. The fourth-order valence-corrected chi connectivity index (χ4v) is 28.2. The quantitative estimate of drug-likeness (QED) is 0.112. The van der Waals surface area contributed by atoms with Gasteiger partial charge in [0.25, 0.3) is 0 Å². The van der Waals surface area contributed by atoms with E-state index in [2.05, 4.69) is 55.4 Å². The standard InChI is InChI=1S/C38H58O5S.C29H44O3S.C9H14O2.C4H9.CH4.Li/c1-26(33(44(41,42)28-8-6-5-7-9-28)23-38(40)20-18-37(19-21-38)24-43-25-37)30-12-13-31-29-11-10-27-22-34(2,39)16-17-35(27,3)32(29)14-15-36(30,31)4;1-20(19-33(31,32)22-8-6-5-7-9-22)24-12-13-25-23-11-10-21-18-27(2,30)16-17-28(21,3)26(23)14-15-29(24,25)4;1-3-9(7-11-9)4-2-8(1)5-10-6-8;1-3-4-2;;/h5-9,26-27,29-33,39-40H,10-25H2,1-4H3;5-9,20-21,23-26,30H,10-19H2,1-4H3;1-7H2;1,3-4H2,2H3;1H4;/q;;;-1;;+1/t26-,27-,29-,30+,31-,32-,33?,34-,35-,36+;20-,21+,23+,24-,25+,26+,27+,28+,29-;;;;/m01..../s1. The Hall–Kier alpha value is -1.30. The van der Waals surface area contributed by atoms with Crippen LogP contribution in [0.25, 0.3) is 0 Å². The second-order valence-corrected chi connectivity index (χ2v) is 40.4. The molecule has 1 unspecified atom stereocenters. The van der Waals surface area contributed by atoms with Crippen LogP contribution in [0.3, 0.4) is 0 Å². The third kappa shape index (κ3) is 14.5. The van der Waals surface area contributed by atoms with Crippen molar-refractivity contribution in [3.05, 3.63) is 67.6 Å². The number of unbranched alkanes of at least 4 members (excludes halogenated alkanes) is 1. The van der Waals surface area contributed by atoms with Crippen molar-refractivity contribution in [2.75, 3.05) is 38.8 Å². The average Bonchev–Trinajstić information content (AvgIpc) is 1.35. The van der Waals surface area contributed by atoms with Crippen LogP contribution in [-0.4, -0.2) is 98.6 Å². The molecule has 15 rings (SSSR count). The molecule has 0 amide bonds. The van der Waals surface area contributed by atoms with E-state index >= 15 is 0 Å². The van der Waals surface area contributed by atoms with Crippen molar-refractivity contribution in [2.24, 2.45) is 104 Å². The van der Waals surface area contributed by atoms with E-state index in [9.17, 15) is 32.2 Å². The van der Waals surface area contributed by atoms with Crippen molar-refractivity contribution in [1.82, 2.24) is 0 Å². The fraction of sp³-hybridized carbons (Fsp3) is 0.840. The predicted molar refractivity (Wildman–Crippen MR) is 375 cm³/mol. The van der Waals surface area contributed by atoms with E-state index in [1.54, 1.807) is 24.3 Å². The summed E-state index contributed by atoms with van der Waals surface area (Å²) in [5.74, 6) is 6.96. The predicted octanol–water partition coefficient (Wildman–Crippen LogP) is 14.7. The molecular weight excluding hydrogens is 1200 g/mol. The fourth-order valence-electron chi connectivity index (χ4n) is 24.4. The van der Waals surface area contributed by atoms with Gasteiger partial charge in [0.2, 0.25) is 0 Å². The van der Waals surface area contributed by atoms with Crippen LogP contribution >= 0.6 is 0 Å². The largest absolute Gasteiger partial charge is 1.00 e. The van der Waals surface area contributed by atoms with Gasteiger partial charge in [-0.2, -0.15) is 6.42 Å². The summed E-state index contributed by atoms with van der Waals surface area (Å²) < 4.78 is 71.6. The van der Waals surface area contributed by atoms with Gasteiger partial charge in [0.05, 0.1) is 76.2 Å². The van der Waals surface area contributed by atoms with Gasteiger partial charge < -0.3 is 36.5 Å². The molecule has 10 nitrogen and oxygen atoms in total. The van der Waals surface area contributed by atoms with Crippen LogP contribution in [0.4, 0.5) is 0 Å². The summed E-state index contributed by atoms with van der Waals surface area (Å²) in [6, 6.07) is 18.1. The molecule has 13 aliphatic rings. The number of epoxide rings is 1. The van der Waals surface area contributed by atoms with Gasteiger partial charge in [-0.15, -0.1) is 0 Å². The topological polar surface area (TPSA) is 160 Å². The van der Waals surface area contributed by atoms with Crippen LogP contribution in [0.5, 0.6) is 0 Å². The number of hydrogen-bond acceptors (Lipinski definition) is 10. The van der Waals surface area contributed by atoms with E-state index < -0.39 is 41.7 Å². The van der Waals surface area contributed by atoms with Crippen molar-refractivity contribution in [1.29, 1.82) is 0 Å². The number of hydrogen-bond donors (Lipinski definition) is 3. The second-order valence-electron chi connectivity index (χ2n) is 36.2. The Morgan fingerprint density at radius 3 is 1.35 bits per heavy atom. The van der Waals surface area contributed by atoms with Crippen LogP contribution in [0.15, 0.2) is 70.5 Å². The molecule has 3 saturated heterocycles. The molecule has 13 heteroatoms. The Kier molecular flexibility index (Phi) is 22.6. The molecule has 19 atom stereocenters. The molecule has 2 aromatic carbocycles. The zero-order valence-corrected chi connectivity index (χ0v) is 61.4. The number of rotatable bonds is 11. The molecule has 10 saturated carbocycles. The Labute approximate surface area is 584 Å². The maximum absolute atomic E-state index is 14.5. The van der Waals surface area contributed by atoms with Gasteiger partial charge in [0, 0.05) is 10.8 Å². The van der Waals surface area contributed by atoms with Gasteiger partial charge >= 0.3 is 18.9 Å². The van der Waals surface area contributed by atoms with Gasteiger partial charge in [0.15, 0.2) is 19.7 Å². The third-order valence-electron chi connectivity index (χ3n) is 30.6.